The molecule has 0 spiro atoms. The highest BCUT2D eigenvalue weighted by atomic mass is 16.6. The molecule has 0 aliphatic carbocycles. The Kier molecular flexibility index (Phi) is 5.51. The number of carbonyl (C=O) groups is 3. The molecule has 0 fully saturated rings. The average Bonchev–Trinajstić information content (AvgIpc) is 3.06. The van der Waals surface area contributed by atoms with Gasteiger partial charge in [0.2, 0.25) is 0 Å². The van der Waals surface area contributed by atoms with Gasteiger partial charge in [0.25, 0.3) is 17.5 Å². The highest BCUT2D eigenvalue weighted by Crippen LogP contribution is 2.31. The second-order valence-electron chi connectivity index (χ2n) is 7.19. The van der Waals surface area contributed by atoms with Gasteiger partial charge in [-0.05, 0) is 41.8 Å². The maximum absolute atomic E-state index is 13.0. The first-order chi connectivity index (χ1) is 15.4. The van der Waals surface area contributed by atoms with Gasteiger partial charge >= 0.3 is 5.97 Å². The molecule has 0 radical (unpaired) electrons. The Morgan fingerprint density at radius 1 is 0.969 bits per heavy atom. The molecule has 1 aliphatic rings. The molecule has 0 unspecified atom stereocenters. The van der Waals surface area contributed by atoms with E-state index in [4.69, 9.17) is 4.74 Å². The monoisotopic (exact) mass is 430 g/mol. The van der Waals surface area contributed by atoms with Gasteiger partial charge in [-0.15, -0.1) is 0 Å². The summed E-state index contributed by atoms with van der Waals surface area (Å²) in [6.07, 6.45) is 0.652. The van der Waals surface area contributed by atoms with E-state index in [9.17, 15) is 24.5 Å². The first-order valence-electron chi connectivity index (χ1n) is 9.92. The van der Waals surface area contributed by atoms with Gasteiger partial charge in [-0.2, -0.15) is 0 Å². The molecule has 3 aromatic carbocycles. The van der Waals surface area contributed by atoms with Crippen molar-refractivity contribution < 1.29 is 24.0 Å². The van der Waals surface area contributed by atoms with Gasteiger partial charge in [0.1, 0.15) is 6.61 Å². The molecule has 8 nitrogen and oxygen atoms in total. The molecule has 32 heavy (non-hydrogen) atoms. The molecule has 1 heterocycles. The normalized spacial score (nSPS) is 12.6. The number of non-ortho nitro benzene ring substituents is 1. The van der Waals surface area contributed by atoms with Crippen LogP contribution in [0.5, 0.6) is 0 Å². The molecule has 0 aromatic heterocycles. The Labute approximate surface area is 183 Å². The van der Waals surface area contributed by atoms with Gasteiger partial charge in [-0.25, -0.2) is 9.69 Å². The van der Waals surface area contributed by atoms with E-state index in [0.717, 1.165) is 10.5 Å². The summed E-state index contributed by atoms with van der Waals surface area (Å²) in [4.78, 5) is 49.9. The number of para-hydroxylation sites is 1. The smallest absolute Gasteiger partial charge is 0.338 e. The van der Waals surface area contributed by atoms with E-state index in [1.165, 1.54) is 36.4 Å². The van der Waals surface area contributed by atoms with Crippen LogP contribution in [0.4, 0.5) is 11.4 Å². The number of esters is 1. The van der Waals surface area contributed by atoms with Gasteiger partial charge < -0.3 is 4.74 Å². The number of anilines is 1. The van der Waals surface area contributed by atoms with Crippen LogP contribution in [0.2, 0.25) is 0 Å². The van der Waals surface area contributed by atoms with Gasteiger partial charge in [-0.1, -0.05) is 37.3 Å². The first kappa shape index (κ1) is 20.9. The Morgan fingerprint density at radius 2 is 1.72 bits per heavy atom. The van der Waals surface area contributed by atoms with Crippen molar-refractivity contribution in [2.24, 2.45) is 0 Å². The van der Waals surface area contributed by atoms with Crippen molar-refractivity contribution in [1.29, 1.82) is 0 Å². The summed E-state index contributed by atoms with van der Waals surface area (Å²) in [7, 11) is 0. The zero-order chi connectivity index (χ0) is 22.8. The number of amides is 2. The van der Waals surface area contributed by atoms with E-state index in [1.807, 2.05) is 19.1 Å². The minimum absolute atomic E-state index is 0.104. The van der Waals surface area contributed by atoms with Crippen LogP contribution in [0.3, 0.4) is 0 Å². The number of aryl methyl sites for hydroxylation is 1. The lowest BCUT2D eigenvalue weighted by Gasteiger charge is -2.17. The lowest BCUT2D eigenvalue weighted by Crippen LogP contribution is -2.30. The summed E-state index contributed by atoms with van der Waals surface area (Å²) >= 11 is 0. The number of rotatable bonds is 6. The lowest BCUT2D eigenvalue weighted by atomic mass is 10.1. The van der Waals surface area contributed by atoms with Crippen LogP contribution >= 0.6 is 0 Å². The number of hydrogen-bond acceptors (Lipinski definition) is 6. The highest BCUT2D eigenvalue weighted by molar-refractivity contribution is 6.34. The third-order valence-corrected chi connectivity index (χ3v) is 5.23. The number of imide groups is 1. The largest absolute Gasteiger partial charge is 0.457 e. The number of nitro benzene ring substituents is 1. The van der Waals surface area contributed by atoms with Gasteiger partial charge in [0.15, 0.2) is 0 Å². The third kappa shape index (κ3) is 3.74. The summed E-state index contributed by atoms with van der Waals surface area (Å²) in [6, 6.07) is 17.2. The van der Waals surface area contributed by atoms with E-state index >= 15 is 0 Å². The molecule has 0 saturated heterocycles. The predicted octanol–water partition coefficient (Wildman–Crippen LogP) is 4.31. The van der Waals surface area contributed by atoms with Crippen LogP contribution in [0.25, 0.3) is 0 Å². The Morgan fingerprint density at radius 3 is 2.47 bits per heavy atom. The van der Waals surface area contributed by atoms with Crippen molar-refractivity contribution in [3.05, 3.63) is 105 Å². The predicted molar refractivity (Wildman–Crippen MR) is 116 cm³/mol. The number of nitro groups is 1. The molecule has 8 heteroatoms. The number of carbonyl (C=O) groups excluding carboxylic acids is 3. The molecule has 0 bridgehead atoms. The topological polar surface area (TPSA) is 107 Å². The molecule has 0 atom stereocenters. The standard InChI is InChI=1S/C24H18N2O6/c1-2-16-7-3-4-9-21(16)25-22(27)19-11-10-17(13-20(19)23(25)28)24(29)32-14-15-6-5-8-18(12-15)26(30)31/h3-13H,2,14H2,1H3. The minimum Gasteiger partial charge on any atom is -0.457 e. The van der Waals surface area contributed by atoms with Crippen LogP contribution in [-0.4, -0.2) is 22.7 Å². The Balaban J connectivity index is 1.55. The second kappa shape index (κ2) is 8.43. The summed E-state index contributed by atoms with van der Waals surface area (Å²) in [6.45, 7) is 1.77. The molecule has 1 aliphatic heterocycles. The molecule has 2 amide bonds. The molecule has 4 rings (SSSR count). The number of benzene rings is 3. The fourth-order valence-electron chi connectivity index (χ4n) is 3.61. The molecule has 0 saturated carbocycles. The summed E-state index contributed by atoms with van der Waals surface area (Å²) in [5.41, 5.74) is 2.20. The Bertz CT molecular complexity index is 1270. The van der Waals surface area contributed by atoms with Crippen molar-refractivity contribution in [1.82, 2.24) is 0 Å². The fourth-order valence-corrected chi connectivity index (χ4v) is 3.61. The second-order valence-corrected chi connectivity index (χ2v) is 7.19. The molecule has 160 valence electrons. The van der Waals surface area contributed by atoms with Crippen molar-refractivity contribution in [2.75, 3.05) is 4.90 Å². The first-order valence-corrected chi connectivity index (χ1v) is 9.92. The van der Waals surface area contributed by atoms with Crippen molar-refractivity contribution in [2.45, 2.75) is 20.0 Å². The molecule has 3 aromatic rings. The quantitative estimate of drug-likeness (QED) is 0.250. The van der Waals surface area contributed by atoms with E-state index < -0.39 is 22.7 Å². The Hall–Kier alpha value is -4.33. The van der Waals surface area contributed by atoms with Gasteiger partial charge in [0, 0.05) is 12.1 Å². The number of hydrogen-bond donors (Lipinski definition) is 0. The SMILES string of the molecule is CCc1ccccc1N1C(=O)c2ccc(C(=O)OCc3cccc([N+](=O)[O-])c3)cc2C1=O. The van der Waals surface area contributed by atoms with Crippen LogP contribution < -0.4 is 4.90 Å². The number of nitrogens with zero attached hydrogens (tertiary/aromatic N) is 2. The van der Waals surface area contributed by atoms with E-state index in [2.05, 4.69) is 0 Å². The number of ether oxygens (including phenoxy) is 1. The van der Waals surface area contributed by atoms with Gasteiger partial charge in [-0.3, -0.25) is 19.7 Å². The van der Waals surface area contributed by atoms with E-state index in [0.29, 0.717) is 17.7 Å². The summed E-state index contributed by atoms with van der Waals surface area (Å²) < 4.78 is 5.25. The fraction of sp³-hybridized carbons (Fsp3) is 0.125. The zero-order valence-corrected chi connectivity index (χ0v) is 17.1. The van der Waals surface area contributed by atoms with Crippen molar-refractivity contribution in [3.63, 3.8) is 0 Å². The van der Waals surface area contributed by atoms with Gasteiger partial charge in [0.05, 0.1) is 27.3 Å². The van der Waals surface area contributed by atoms with Crippen molar-refractivity contribution in [3.8, 4) is 0 Å². The van der Waals surface area contributed by atoms with Crippen molar-refractivity contribution >= 4 is 29.2 Å². The summed E-state index contributed by atoms with van der Waals surface area (Å²) in [5, 5.41) is 10.9. The zero-order valence-electron chi connectivity index (χ0n) is 17.1. The van der Waals surface area contributed by atoms with Crippen LogP contribution in [0, 0.1) is 10.1 Å². The maximum atomic E-state index is 13.0. The molecular weight excluding hydrogens is 412 g/mol. The molecule has 0 N–H and O–H groups in total. The van der Waals surface area contributed by atoms with Crippen LogP contribution in [-0.2, 0) is 17.8 Å². The highest BCUT2D eigenvalue weighted by Gasteiger charge is 2.38. The average molecular weight is 430 g/mol. The van der Waals surface area contributed by atoms with Crippen LogP contribution in [0.15, 0.2) is 66.7 Å². The minimum atomic E-state index is -0.702. The van der Waals surface area contributed by atoms with E-state index in [-0.39, 0.29) is 29.0 Å². The van der Waals surface area contributed by atoms with E-state index in [1.54, 1.807) is 18.2 Å². The maximum Gasteiger partial charge on any atom is 0.338 e. The number of fused-ring (bicyclic) bond motifs is 1. The van der Waals surface area contributed by atoms with Crippen LogP contribution in [0.1, 0.15) is 49.1 Å². The molecular formula is C24H18N2O6. The third-order valence-electron chi connectivity index (χ3n) is 5.23. The summed E-state index contributed by atoms with van der Waals surface area (Å²) in [5.74, 6) is -1.64. The lowest BCUT2D eigenvalue weighted by molar-refractivity contribution is -0.384.